The van der Waals surface area contributed by atoms with Gasteiger partial charge in [-0.1, -0.05) is 20.3 Å². The predicted octanol–water partition coefficient (Wildman–Crippen LogP) is 2.68. The largest absolute Gasteiger partial charge is 0.357 e. The zero-order valence-corrected chi connectivity index (χ0v) is 20.2. The number of carbonyl (C=O) groups is 1. The maximum absolute atomic E-state index is 12.2. The summed E-state index contributed by atoms with van der Waals surface area (Å²) in [7, 11) is 0. The van der Waals surface area contributed by atoms with E-state index in [0.717, 1.165) is 38.6 Å². The van der Waals surface area contributed by atoms with Gasteiger partial charge in [0.1, 0.15) is 0 Å². The molecule has 0 saturated carbocycles. The van der Waals surface area contributed by atoms with Gasteiger partial charge in [0.15, 0.2) is 5.96 Å². The number of rotatable bonds is 6. The monoisotopic (exact) mass is 493 g/mol. The summed E-state index contributed by atoms with van der Waals surface area (Å²) in [5.41, 5.74) is 0.0814. The summed E-state index contributed by atoms with van der Waals surface area (Å²) in [4.78, 5) is 21.6. The normalized spacial score (nSPS) is 21.9. The highest BCUT2D eigenvalue weighted by Crippen LogP contribution is 2.21. The average Bonchev–Trinajstić information content (AvgIpc) is 3.08. The number of hydrogen-bond acceptors (Lipinski definition) is 3. The lowest BCUT2D eigenvalue weighted by atomic mass is 9.99. The second-order valence-electron chi connectivity index (χ2n) is 8.62. The molecule has 0 aromatic carbocycles. The molecule has 0 aromatic rings. The Morgan fingerprint density at radius 3 is 2.44 bits per heavy atom. The number of likely N-dealkylation sites (tertiary alicyclic amines) is 2. The van der Waals surface area contributed by atoms with E-state index >= 15 is 0 Å². The molecule has 0 aromatic heterocycles. The molecule has 2 rings (SSSR count). The van der Waals surface area contributed by atoms with Crippen LogP contribution in [-0.4, -0.2) is 72.5 Å². The van der Waals surface area contributed by atoms with Gasteiger partial charge in [-0.2, -0.15) is 0 Å². The van der Waals surface area contributed by atoms with Crippen LogP contribution >= 0.6 is 24.0 Å². The number of guanidine groups is 1. The van der Waals surface area contributed by atoms with Crippen LogP contribution < -0.4 is 10.6 Å². The Labute approximate surface area is 182 Å². The maximum Gasteiger partial charge on any atom is 0.225 e. The van der Waals surface area contributed by atoms with Crippen molar-refractivity contribution in [1.82, 2.24) is 20.4 Å². The van der Waals surface area contributed by atoms with Gasteiger partial charge in [-0.25, -0.2) is 0 Å². The molecule has 158 valence electrons. The van der Waals surface area contributed by atoms with Crippen LogP contribution in [0.5, 0.6) is 0 Å². The molecule has 0 radical (unpaired) electrons. The van der Waals surface area contributed by atoms with Crippen molar-refractivity contribution in [2.45, 2.75) is 71.9 Å². The molecule has 1 atom stereocenters. The SMILES string of the molecule is CCNC(=NCC(C)(C)N1CCCCC1)NC1CCN(C(=O)C(C)C)C1.I. The Bertz CT molecular complexity index is 489. The molecule has 7 heteroatoms. The van der Waals surface area contributed by atoms with E-state index in [0.29, 0.717) is 0 Å². The van der Waals surface area contributed by atoms with Crippen LogP contribution in [0.1, 0.15) is 60.3 Å². The van der Waals surface area contributed by atoms with Crippen molar-refractivity contribution in [3.8, 4) is 0 Å². The van der Waals surface area contributed by atoms with E-state index in [2.05, 4.69) is 36.3 Å². The van der Waals surface area contributed by atoms with E-state index in [9.17, 15) is 4.79 Å². The van der Waals surface area contributed by atoms with Crippen molar-refractivity contribution >= 4 is 35.8 Å². The molecular formula is C20H40IN5O. The number of nitrogens with zero attached hydrogens (tertiary/aromatic N) is 3. The standard InChI is InChI=1S/C20H39N5O.HI/c1-6-21-19(22-15-20(4,5)25-11-8-7-9-12-25)23-17-10-13-24(14-17)18(26)16(2)3;/h16-17H,6-15H2,1-5H3,(H2,21,22,23);1H. The second-order valence-corrected chi connectivity index (χ2v) is 8.62. The third-order valence-electron chi connectivity index (χ3n) is 5.52. The van der Waals surface area contributed by atoms with Crippen molar-refractivity contribution in [1.29, 1.82) is 0 Å². The number of piperidine rings is 1. The Morgan fingerprint density at radius 1 is 1.19 bits per heavy atom. The zero-order chi connectivity index (χ0) is 19.2. The van der Waals surface area contributed by atoms with Gasteiger partial charge in [-0.05, 0) is 53.1 Å². The first-order chi connectivity index (χ1) is 12.3. The van der Waals surface area contributed by atoms with Gasteiger partial charge in [-0.15, -0.1) is 24.0 Å². The third kappa shape index (κ3) is 7.40. The molecule has 2 saturated heterocycles. The van der Waals surface area contributed by atoms with Crippen molar-refractivity contribution in [3.63, 3.8) is 0 Å². The minimum Gasteiger partial charge on any atom is -0.357 e. The molecule has 2 aliphatic heterocycles. The molecule has 1 amide bonds. The quantitative estimate of drug-likeness (QED) is 0.340. The van der Waals surface area contributed by atoms with Crippen LogP contribution in [0, 0.1) is 5.92 Å². The summed E-state index contributed by atoms with van der Waals surface area (Å²) in [5.74, 6) is 1.20. The molecule has 2 N–H and O–H groups in total. The van der Waals surface area contributed by atoms with Crippen molar-refractivity contribution in [2.24, 2.45) is 10.9 Å². The number of amides is 1. The highest BCUT2D eigenvalue weighted by molar-refractivity contribution is 14.0. The summed E-state index contributed by atoms with van der Waals surface area (Å²) >= 11 is 0. The molecule has 27 heavy (non-hydrogen) atoms. The van der Waals surface area contributed by atoms with Crippen LogP contribution in [0.3, 0.4) is 0 Å². The van der Waals surface area contributed by atoms with Gasteiger partial charge < -0.3 is 15.5 Å². The lowest BCUT2D eigenvalue weighted by molar-refractivity contribution is -0.133. The highest BCUT2D eigenvalue weighted by Gasteiger charge is 2.29. The number of hydrogen-bond donors (Lipinski definition) is 2. The van der Waals surface area contributed by atoms with E-state index in [1.807, 2.05) is 18.7 Å². The van der Waals surface area contributed by atoms with Crippen LogP contribution in [-0.2, 0) is 4.79 Å². The van der Waals surface area contributed by atoms with Crippen molar-refractivity contribution < 1.29 is 4.79 Å². The second kappa shape index (κ2) is 11.4. The van der Waals surface area contributed by atoms with E-state index in [4.69, 9.17) is 4.99 Å². The predicted molar refractivity (Wildman–Crippen MR) is 124 cm³/mol. The van der Waals surface area contributed by atoms with Gasteiger partial charge in [0.05, 0.1) is 6.54 Å². The van der Waals surface area contributed by atoms with Gasteiger partial charge >= 0.3 is 0 Å². The molecule has 0 aliphatic carbocycles. The zero-order valence-electron chi connectivity index (χ0n) is 17.9. The smallest absolute Gasteiger partial charge is 0.225 e. The topological polar surface area (TPSA) is 60.0 Å². The molecular weight excluding hydrogens is 453 g/mol. The fourth-order valence-electron chi connectivity index (χ4n) is 3.83. The summed E-state index contributed by atoms with van der Waals surface area (Å²) in [5, 5.41) is 6.91. The van der Waals surface area contributed by atoms with Crippen LogP contribution in [0.2, 0.25) is 0 Å². The Morgan fingerprint density at radius 2 is 1.85 bits per heavy atom. The molecule has 2 fully saturated rings. The van der Waals surface area contributed by atoms with Gasteiger partial charge in [-0.3, -0.25) is 14.7 Å². The first-order valence-corrected chi connectivity index (χ1v) is 10.4. The summed E-state index contributed by atoms with van der Waals surface area (Å²) in [6.45, 7) is 16.2. The third-order valence-corrected chi connectivity index (χ3v) is 5.52. The lowest BCUT2D eigenvalue weighted by Gasteiger charge is -2.40. The average molecular weight is 493 g/mol. The van der Waals surface area contributed by atoms with Crippen LogP contribution in [0.4, 0.5) is 0 Å². The minimum atomic E-state index is 0. The lowest BCUT2D eigenvalue weighted by Crippen LogP contribution is -2.50. The van der Waals surface area contributed by atoms with Gasteiger partial charge in [0.25, 0.3) is 0 Å². The highest BCUT2D eigenvalue weighted by atomic mass is 127. The molecule has 0 bridgehead atoms. The van der Waals surface area contributed by atoms with E-state index in [-0.39, 0.29) is 47.4 Å². The number of aliphatic imine (C=N–C) groups is 1. The van der Waals surface area contributed by atoms with Crippen molar-refractivity contribution in [3.05, 3.63) is 0 Å². The molecule has 2 heterocycles. The first kappa shape index (κ1) is 24.5. The Kier molecular flexibility index (Phi) is 10.4. The maximum atomic E-state index is 12.2. The Hall–Kier alpha value is -0.570. The van der Waals surface area contributed by atoms with E-state index in [1.54, 1.807) is 0 Å². The van der Waals surface area contributed by atoms with Crippen LogP contribution in [0.25, 0.3) is 0 Å². The molecule has 1 unspecified atom stereocenters. The molecule has 6 nitrogen and oxygen atoms in total. The Balaban J connectivity index is 0.00000364. The van der Waals surface area contributed by atoms with Gasteiger partial charge in [0.2, 0.25) is 5.91 Å². The van der Waals surface area contributed by atoms with E-state index < -0.39 is 0 Å². The van der Waals surface area contributed by atoms with Crippen molar-refractivity contribution in [2.75, 3.05) is 39.3 Å². The number of nitrogens with one attached hydrogen (secondary N) is 2. The van der Waals surface area contributed by atoms with Gasteiger partial charge in [0, 0.05) is 37.1 Å². The summed E-state index contributed by atoms with van der Waals surface area (Å²) in [6, 6.07) is 0.286. The molecule has 2 aliphatic rings. The van der Waals surface area contributed by atoms with E-state index in [1.165, 1.54) is 32.4 Å². The fourth-order valence-corrected chi connectivity index (χ4v) is 3.83. The summed E-state index contributed by atoms with van der Waals surface area (Å²) in [6.07, 6.45) is 4.94. The minimum absolute atomic E-state index is 0. The summed E-state index contributed by atoms with van der Waals surface area (Å²) < 4.78 is 0. The molecule has 0 spiro atoms. The number of carbonyl (C=O) groups excluding carboxylic acids is 1. The fraction of sp³-hybridized carbons (Fsp3) is 0.900. The van der Waals surface area contributed by atoms with Crippen LogP contribution in [0.15, 0.2) is 4.99 Å². The first-order valence-electron chi connectivity index (χ1n) is 10.4. The number of halogens is 1.